The molecule has 6 nitrogen and oxygen atoms in total. The van der Waals surface area contributed by atoms with E-state index in [0.29, 0.717) is 24.3 Å². The number of nitro benzene ring substituents is 1. The molecule has 2 aromatic rings. The van der Waals surface area contributed by atoms with Crippen molar-refractivity contribution in [2.75, 3.05) is 36.0 Å². The highest BCUT2D eigenvalue weighted by Crippen LogP contribution is 2.31. The van der Waals surface area contributed by atoms with Crippen molar-refractivity contribution in [1.29, 1.82) is 0 Å². The molecule has 1 heterocycles. The maximum Gasteiger partial charge on any atom is 0.292 e. The SMILES string of the molecule is CCc1ccc(N2CCN(c3cc(CO)ccc3[N+](=O)[O-])CC2)cc1. The lowest BCUT2D eigenvalue weighted by molar-refractivity contribution is -0.384. The Bertz CT molecular complexity index is 738. The minimum Gasteiger partial charge on any atom is -0.392 e. The van der Waals surface area contributed by atoms with Crippen LogP contribution in [0.25, 0.3) is 0 Å². The largest absolute Gasteiger partial charge is 0.392 e. The van der Waals surface area contributed by atoms with Crippen LogP contribution in [0.5, 0.6) is 0 Å². The molecule has 0 aliphatic carbocycles. The van der Waals surface area contributed by atoms with E-state index in [1.807, 2.05) is 4.90 Å². The first-order valence-electron chi connectivity index (χ1n) is 8.59. The summed E-state index contributed by atoms with van der Waals surface area (Å²) in [6, 6.07) is 13.4. The Morgan fingerprint density at radius 2 is 1.60 bits per heavy atom. The lowest BCUT2D eigenvalue weighted by atomic mass is 10.1. The van der Waals surface area contributed by atoms with Crippen LogP contribution in [-0.2, 0) is 13.0 Å². The zero-order valence-corrected chi connectivity index (χ0v) is 14.4. The van der Waals surface area contributed by atoms with Gasteiger partial charge >= 0.3 is 0 Å². The number of rotatable bonds is 5. The number of hydrogen-bond acceptors (Lipinski definition) is 5. The fourth-order valence-electron chi connectivity index (χ4n) is 3.22. The average molecular weight is 341 g/mol. The summed E-state index contributed by atoms with van der Waals surface area (Å²) in [7, 11) is 0. The van der Waals surface area contributed by atoms with Crippen LogP contribution < -0.4 is 9.80 Å². The Morgan fingerprint density at radius 1 is 1.00 bits per heavy atom. The van der Waals surface area contributed by atoms with E-state index in [0.717, 1.165) is 19.5 Å². The average Bonchev–Trinajstić information content (AvgIpc) is 2.67. The molecule has 25 heavy (non-hydrogen) atoms. The van der Waals surface area contributed by atoms with Gasteiger partial charge in [-0.1, -0.05) is 19.1 Å². The Kier molecular flexibility index (Phi) is 5.19. The van der Waals surface area contributed by atoms with Gasteiger partial charge in [-0.05, 0) is 41.8 Å². The lowest BCUT2D eigenvalue weighted by Gasteiger charge is -2.37. The topological polar surface area (TPSA) is 69.8 Å². The highest BCUT2D eigenvalue weighted by atomic mass is 16.6. The predicted octanol–water partition coefficient (Wildman–Crippen LogP) is 2.98. The van der Waals surface area contributed by atoms with Crippen molar-refractivity contribution in [2.45, 2.75) is 20.0 Å². The van der Waals surface area contributed by atoms with Crippen molar-refractivity contribution < 1.29 is 10.0 Å². The smallest absolute Gasteiger partial charge is 0.292 e. The Hall–Kier alpha value is -2.60. The molecule has 1 aliphatic heterocycles. The van der Waals surface area contributed by atoms with Crippen molar-refractivity contribution in [2.24, 2.45) is 0 Å². The number of anilines is 2. The van der Waals surface area contributed by atoms with Crippen LogP contribution in [0.1, 0.15) is 18.1 Å². The van der Waals surface area contributed by atoms with Gasteiger partial charge in [-0.15, -0.1) is 0 Å². The molecule has 0 amide bonds. The van der Waals surface area contributed by atoms with Crippen LogP contribution >= 0.6 is 0 Å². The minimum absolute atomic E-state index is 0.0953. The van der Waals surface area contributed by atoms with Crippen LogP contribution in [0.4, 0.5) is 17.1 Å². The van der Waals surface area contributed by atoms with Crippen LogP contribution in [0.2, 0.25) is 0 Å². The second-order valence-corrected chi connectivity index (χ2v) is 6.23. The monoisotopic (exact) mass is 341 g/mol. The quantitative estimate of drug-likeness (QED) is 0.669. The number of aryl methyl sites for hydroxylation is 1. The molecule has 0 aromatic heterocycles. The zero-order chi connectivity index (χ0) is 17.8. The van der Waals surface area contributed by atoms with Gasteiger partial charge in [-0.25, -0.2) is 0 Å². The number of aliphatic hydroxyl groups excluding tert-OH is 1. The fourth-order valence-corrected chi connectivity index (χ4v) is 3.22. The molecule has 0 spiro atoms. The predicted molar refractivity (Wildman–Crippen MR) is 99.3 cm³/mol. The highest BCUT2D eigenvalue weighted by Gasteiger charge is 2.24. The third-order valence-electron chi connectivity index (χ3n) is 4.75. The minimum atomic E-state index is -0.355. The van der Waals surface area contributed by atoms with Crippen molar-refractivity contribution in [3.63, 3.8) is 0 Å². The summed E-state index contributed by atoms with van der Waals surface area (Å²) < 4.78 is 0. The summed E-state index contributed by atoms with van der Waals surface area (Å²) in [6.07, 6.45) is 1.03. The molecule has 132 valence electrons. The standard InChI is InChI=1S/C19H23N3O3/c1-2-15-3-6-17(7-4-15)20-9-11-21(12-10-20)19-13-16(14-23)5-8-18(19)22(24)25/h3-8,13,23H,2,9-12,14H2,1H3. The molecule has 6 heteroatoms. The second-order valence-electron chi connectivity index (χ2n) is 6.23. The number of hydrogen-bond donors (Lipinski definition) is 1. The second kappa shape index (κ2) is 7.53. The van der Waals surface area contributed by atoms with E-state index in [-0.39, 0.29) is 17.2 Å². The molecule has 0 atom stereocenters. The molecular weight excluding hydrogens is 318 g/mol. The maximum absolute atomic E-state index is 11.3. The molecule has 0 bridgehead atoms. The molecule has 0 saturated carbocycles. The van der Waals surface area contributed by atoms with Crippen LogP contribution in [0.3, 0.4) is 0 Å². The first-order chi connectivity index (χ1) is 12.1. The van der Waals surface area contributed by atoms with Gasteiger partial charge in [0.1, 0.15) is 5.69 Å². The van der Waals surface area contributed by atoms with Gasteiger partial charge in [0, 0.05) is 37.9 Å². The van der Waals surface area contributed by atoms with Crippen LogP contribution in [-0.4, -0.2) is 36.2 Å². The molecule has 1 N–H and O–H groups in total. The molecule has 0 radical (unpaired) electrons. The van der Waals surface area contributed by atoms with Gasteiger partial charge in [0.05, 0.1) is 11.5 Å². The van der Waals surface area contributed by atoms with Gasteiger partial charge in [-0.3, -0.25) is 10.1 Å². The first-order valence-corrected chi connectivity index (χ1v) is 8.59. The van der Waals surface area contributed by atoms with Gasteiger partial charge in [0.15, 0.2) is 0 Å². The molecular formula is C19H23N3O3. The van der Waals surface area contributed by atoms with Gasteiger partial charge in [0.2, 0.25) is 0 Å². The normalized spacial score (nSPS) is 14.6. The van der Waals surface area contributed by atoms with E-state index in [2.05, 4.69) is 36.1 Å². The van der Waals surface area contributed by atoms with Crippen LogP contribution in [0, 0.1) is 10.1 Å². The maximum atomic E-state index is 11.3. The third kappa shape index (κ3) is 3.74. The van der Waals surface area contributed by atoms with E-state index in [1.165, 1.54) is 17.3 Å². The summed E-state index contributed by atoms with van der Waals surface area (Å²) in [5.41, 5.74) is 3.89. The van der Waals surface area contributed by atoms with E-state index < -0.39 is 0 Å². The van der Waals surface area contributed by atoms with Crippen molar-refractivity contribution in [1.82, 2.24) is 0 Å². The van der Waals surface area contributed by atoms with E-state index in [4.69, 9.17) is 0 Å². The van der Waals surface area contributed by atoms with Crippen molar-refractivity contribution in [3.05, 3.63) is 63.7 Å². The molecule has 2 aromatic carbocycles. The van der Waals surface area contributed by atoms with E-state index in [9.17, 15) is 15.2 Å². The fraction of sp³-hybridized carbons (Fsp3) is 0.368. The first kappa shape index (κ1) is 17.2. The number of piperazine rings is 1. The molecule has 1 saturated heterocycles. The molecule has 0 unspecified atom stereocenters. The Labute approximate surface area is 147 Å². The summed E-state index contributed by atoms with van der Waals surface area (Å²) >= 11 is 0. The Balaban J connectivity index is 1.74. The van der Waals surface area contributed by atoms with Gasteiger partial charge < -0.3 is 14.9 Å². The zero-order valence-electron chi connectivity index (χ0n) is 14.4. The molecule has 3 rings (SSSR count). The third-order valence-corrected chi connectivity index (χ3v) is 4.75. The number of benzene rings is 2. The number of nitro groups is 1. The van der Waals surface area contributed by atoms with Crippen molar-refractivity contribution in [3.8, 4) is 0 Å². The summed E-state index contributed by atoms with van der Waals surface area (Å²) in [6.45, 7) is 5.07. The highest BCUT2D eigenvalue weighted by molar-refractivity contribution is 5.65. The lowest BCUT2D eigenvalue weighted by Crippen LogP contribution is -2.46. The van der Waals surface area contributed by atoms with Crippen LogP contribution in [0.15, 0.2) is 42.5 Å². The van der Waals surface area contributed by atoms with Gasteiger partial charge in [-0.2, -0.15) is 0 Å². The summed E-state index contributed by atoms with van der Waals surface area (Å²) in [5.74, 6) is 0. The molecule has 1 fully saturated rings. The summed E-state index contributed by atoms with van der Waals surface area (Å²) in [5, 5.41) is 20.6. The Morgan fingerprint density at radius 3 is 2.16 bits per heavy atom. The van der Waals surface area contributed by atoms with Crippen molar-refractivity contribution >= 4 is 17.1 Å². The number of nitrogens with zero attached hydrogens (tertiary/aromatic N) is 3. The summed E-state index contributed by atoms with van der Waals surface area (Å²) in [4.78, 5) is 15.3. The number of aliphatic hydroxyl groups is 1. The van der Waals surface area contributed by atoms with Gasteiger partial charge in [0.25, 0.3) is 5.69 Å². The van der Waals surface area contributed by atoms with E-state index >= 15 is 0 Å². The molecule has 1 aliphatic rings. The van der Waals surface area contributed by atoms with E-state index in [1.54, 1.807) is 12.1 Å².